The van der Waals surface area contributed by atoms with E-state index in [0.717, 1.165) is 5.56 Å². The molecule has 4 atom stereocenters. The van der Waals surface area contributed by atoms with E-state index >= 15 is 0 Å². The molecule has 0 aliphatic carbocycles. The number of carbonyl (C=O) groups excluding carboxylic acids is 1. The maximum atomic E-state index is 13.0. The molecule has 4 unspecified atom stereocenters. The quantitative estimate of drug-likeness (QED) is 0.0276. The highest BCUT2D eigenvalue weighted by Crippen LogP contribution is 2.55. The lowest BCUT2D eigenvalue weighted by Crippen LogP contribution is -2.49. The molecule has 4 aromatic carbocycles. The van der Waals surface area contributed by atoms with Crippen LogP contribution in [0.5, 0.6) is 11.5 Å². The lowest BCUT2D eigenvalue weighted by atomic mass is 9.79. The summed E-state index contributed by atoms with van der Waals surface area (Å²) in [5.74, 6) is 4.41. The molecule has 1 aromatic heterocycles. The van der Waals surface area contributed by atoms with E-state index in [2.05, 4.69) is 22.6 Å². The number of aromatic nitrogens is 1. The van der Waals surface area contributed by atoms with Crippen LogP contribution in [0.2, 0.25) is 0 Å². The van der Waals surface area contributed by atoms with Gasteiger partial charge in [-0.05, 0) is 74.7 Å². The van der Waals surface area contributed by atoms with E-state index in [1.807, 2.05) is 107 Å². The molecule has 0 radical (unpaired) electrons. The van der Waals surface area contributed by atoms with Crippen LogP contribution in [0.1, 0.15) is 69.0 Å². The molecule has 1 N–H and O–H groups in total. The summed E-state index contributed by atoms with van der Waals surface area (Å²) in [5.41, 5.74) is 1.25. The Morgan fingerprint density at radius 3 is 2.14 bits per heavy atom. The molecule has 1 aliphatic heterocycles. The smallest absolute Gasteiger partial charge is 0.471 e. The number of ether oxygens (including phenoxy) is 4. The standard InChI is InChI=1S/C48H51F3N5O9P/c1-32(2)55(33(3)4)66(63-27-11-25-52)65-43-29-44(54-30-35(14-10-26-53-46(57)48(49,50)51)41-28-38(56(58)59)19-24-42(41)54)64-45(43)47(36-15-20-39(60-5)21-16-36,37-17-22-40(61-6)23-18-37)62-31-34-12-8-7-9-13-34/h7-9,12-13,15-24,28,30,32-33,43-45H,11,26-27,29,31H2,1-6H3,(H,53,57). The van der Waals surface area contributed by atoms with Gasteiger partial charge in [-0.2, -0.15) is 18.4 Å². The molecule has 1 saturated heterocycles. The predicted octanol–water partition coefficient (Wildman–Crippen LogP) is 9.71. The molecule has 6 rings (SSSR count). The van der Waals surface area contributed by atoms with Gasteiger partial charge in [-0.3, -0.25) is 14.9 Å². The number of fused-ring (bicyclic) bond motifs is 1. The first-order valence-electron chi connectivity index (χ1n) is 21.1. The number of nitriles is 1. The minimum absolute atomic E-state index is 0.0525. The highest BCUT2D eigenvalue weighted by atomic mass is 31.2. The summed E-state index contributed by atoms with van der Waals surface area (Å²) in [7, 11) is 1.27. The van der Waals surface area contributed by atoms with Crippen molar-refractivity contribution in [2.75, 3.05) is 27.4 Å². The number of carbonyl (C=O) groups is 1. The predicted molar refractivity (Wildman–Crippen MR) is 241 cm³/mol. The van der Waals surface area contributed by atoms with Gasteiger partial charge in [-0.15, -0.1) is 0 Å². The number of alkyl halides is 3. The monoisotopic (exact) mass is 929 g/mol. The number of benzene rings is 4. The summed E-state index contributed by atoms with van der Waals surface area (Å²) in [6.07, 6.45) is -5.90. The number of rotatable bonds is 19. The molecule has 18 heteroatoms. The Morgan fingerprint density at radius 1 is 0.970 bits per heavy atom. The molecule has 5 aromatic rings. The average molecular weight is 930 g/mol. The molecule has 1 amide bonds. The number of hydrogen-bond acceptors (Lipinski definition) is 11. The molecule has 2 heterocycles. The number of nitrogens with one attached hydrogen (secondary N) is 1. The van der Waals surface area contributed by atoms with Gasteiger partial charge in [0.15, 0.2) is 0 Å². The van der Waals surface area contributed by atoms with Crippen molar-refractivity contribution < 1.29 is 50.9 Å². The van der Waals surface area contributed by atoms with Gasteiger partial charge < -0.3 is 37.9 Å². The van der Waals surface area contributed by atoms with Crippen LogP contribution in [-0.4, -0.2) is 77.9 Å². The van der Waals surface area contributed by atoms with Crippen LogP contribution in [0.3, 0.4) is 0 Å². The van der Waals surface area contributed by atoms with Crippen molar-refractivity contribution in [2.45, 2.75) is 89.4 Å². The molecule has 66 heavy (non-hydrogen) atoms. The molecule has 1 aliphatic rings. The van der Waals surface area contributed by atoms with Crippen molar-refractivity contribution in [1.29, 1.82) is 5.26 Å². The highest BCUT2D eigenvalue weighted by Gasteiger charge is 2.55. The molecule has 0 spiro atoms. The Labute approximate surface area is 382 Å². The van der Waals surface area contributed by atoms with E-state index < -0.39 is 56.1 Å². The van der Waals surface area contributed by atoms with Crippen LogP contribution >= 0.6 is 8.53 Å². The maximum Gasteiger partial charge on any atom is 0.471 e. The third-order valence-corrected chi connectivity index (χ3v) is 13.0. The van der Waals surface area contributed by atoms with E-state index in [0.29, 0.717) is 33.5 Å². The van der Waals surface area contributed by atoms with Crippen molar-refractivity contribution in [3.63, 3.8) is 0 Å². The average Bonchev–Trinajstić information content (AvgIpc) is 3.89. The SMILES string of the molecule is COc1ccc(C(OCc2ccccc2)(c2ccc(OC)cc2)C2OC(n3cc(C#CCNC(=O)C(F)(F)F)c4cc([N+](=O)[O-])ccc43)CC2OP(OCCC#N)N(C(C)C)C(C)C)cc1. The number of hydrogen-bond donors (Lipinski definition) is 1. The van der Waals surface area contributed by atoms with Crippen LogP contribution in [0.4, 0.5) is 18.9 Å². The number of nitrogens with zero attached hydrogens (tertiary/aromatic N) is 4. The zero-order valence-electron chi connectivity index (χ0n) is 37.3. The number of halogens is 3. The number of methoxy groups -OCH3 is 2. The molecule has 348 valence electrons. The molecular weight excluding hydrogens is 879 g/mol. The number of nitro groups is 1. The number of non-ortho nitro benzene ring substituents is 1. The second-order valence-corrected chi connectivity index (χ2v) is 17.2. The summed E-state index contributed by atoms with van der Waals surface area (Å²) in [6.45, 7) is 7.70. The van der Waals surface area contributed by atoms with E-state index in [4.69, 9.17) is 28.0 Å². The second-order valence-electron chi connectivity index (χ2n) is 15.8. The summed E-state index contributed by atoms with van der Waals surface area (Å²) < 4.78 is 82.3. The first kappa shape index (κ1) is 49.4. The second kappa shape index (κ2) is 22.0. The van der Waals surface area contributed by atoms with Crippen LogP contribution in [0.15, 0.2) is 103 Å². The summed E-state index contributed by atoms with van der Waals surface area (Å²) in [6, 6.07) is 30.8. The van der Waals surface area contributed by atoms with E-state index in [-0.39, 0.29) is 49.4 Å². The zero-order valence-corrected chi connectivity index (χ0v) is 38.2. The first-order chi connectivity index (χ1) is 31.6. The van der Waals surface area contributed by atoms with E-state index in [9.17, 15) is 33.3 Å². The van der Waals surface area contributed by atoms with Crippen LogP contribution < -0.4 is 14.8 Å². The molecule has 14 nitrogen and oxygen atoms in total. The van der Waals surface area contributed by atoms with Gasteiger partial charge in [-0.1, -0.05) is 66.4 Å². The van der Waals surface area contributed by atoms with Gasteiger partial charge in [-0.25, -0.2) is 4.67 Å². The minimum Gasteiger partial charge on any atom is -0.497 e. The van der Waals surface area contributed by atoms with Crippen molar-refractivity contribution in [3.05, 3.63) is 136 Å². The summed E-state index contributed by atoms with van der Waals surface area (Å²) in [4.78, 5) is 23.0. The molecule has 0 bridgehead atoms. The largest absolute Gasteiger partial charge is 0.497 e. The van der Waals surface area contributed by atoms with Crippen LogP contribution in [0.25, 0.3) is 10.9 Å². The fourth-order valence-electron chi connectivity index (χ4n) is 7.93. The van der Waals surface area contributed by atoms with Crippen molar-refractivity contribution in [1.82, 2.24) is 14.6 Å². The third-order valence-electron chi connectivity index (χ3n) is 10.9. The van der Waals surface area contributed by atoms with Crippen molar-refractivity contribution in [2.24, 2.45) is 0 Å². The molecular formula is C48H51F3N5O9P. The topological polar surface area (TPSA) is 160 Å². The zero-order chi connectivity index (χ0) is 47.6. The fourth-order valence-corrected chi connectivity index (χ4v) is 9.66. The first-order valence-corrected chi connectivity index (χ1v) is 22.2. The van der Waals surface area contributed by atoms with Gasteiger partial charge >= 0.3 is 12.1 Å². The number of amides is 1. The van der Waals surface area contributed by atoms with Gasteiger partial charge in [0.2, 0.25) is 0 Å². The summed E-state index contributed by atoms with van der Waals surface area (Å²) >= 11 is 0. The minimum atomic E-state index is -5.10. The van der Waals surface area contributed by atoms with Crippen LogP contribution in [0, 0.1) is 33.3 Å². The highest BCUT2D eigenvalue weighted by molar-refractivity contribution is 7.44. The Morgan fingerprint density at radius 2 is 1.59 bits per heavy atom. The van der Waals surface area contributed by atoms with E-state index in [1.54, 1.807) is 36.4 Å². The molecule has 0 saturated carbocycles. The Kier molecular flexibility index (Phi) is 16.4. The Hall–Kier alpha value is -6.04. The number of nitro benzene ring substituents is 1. The van der Waals surface area contributed by atoms with Gasteiger partial charge in [0, 0.05) is 42.2 Å². The lowest BCUT2D eigenvalue weighted by molar-refractivity contribution is -0.384. The summed E-state index contributed by atoms with van der Waals surface area (Å²) in [5, 5.41) is 23.6. The van der Waals surface area contributed by atoms with Gasteiger partial charge in [0.05, 0.1) is 68.6 Å². The Bertz CT molecular complexity index is 2480. The third kappa shape index (κ3) is 11.3. The normalized spacial score (nSPS) is 16.8. The van der Waals surface area contributed by atoms with Gasteiger partial charge in [0.25, 0.3) is 14.2 Å². The van der Waals surface area contributed by atoms with Gasteiger partial charge in [0.1, 0.15) is 29.4 Å². The van der Waals surface area contributed by atoms with Crippen molar-refractivity contribution >= 4 is 31.0 Å². The fraction of sp³-hybridized carbons (Fsp3) is 0.375. The maximum absolute atomic E-state index is 13.0. The Balaban J connectivity index is 1.58. The molecule has 1 fully saturated rings. The van der Waals surface area contributed by atoms with Crippen LogP contribution in [-0.2, 0) is 35.5 Å². The van der Waals surface area contributed by atoms with E-state index in [1.165, 1.54) is 12.1 Å². The van der Waals surface area contributed by atoms with Crippen molar-refractivity contribution in [3.8, 4) is 29.4 Å². The lowest BCUT2D eigenvalue weighted by Gasteiger charge is -2.43.